The zero-order chi connectivity index (χ0) is 25.4. The molecule has 36 heavy (non-hydrogen) atoms. The molecule has 182 valence electrons. The molecule has 0 saturated heterocycles. The molecule has 4 aromatic rings. The van der Waals surface area contributed by atoms with E-state index in [9.17, 15) is 14.4 Å². The topological polar surface area (TPSA) is 65.4 Å². The van der Waals surface area contributed by atoms with Crippen LogP contribution in [0, 0.1) is 13.8 Å². The van der Waals surface area contributed by atoms with E-state index >= 15 is 0 Å². The third kappa shape index (κ3) is 4.16. The quantitative estimate of drug-likeness (QED) is 0.141. The number of aromatic nitrogens is 1. The second-order valence-electron chi connectivity index (χ2n) is 9.02. The molecule has 0 atom stereocenters. The third-order valence-corrected chi connectivity index (χ3v) is 7.79. The van der Waals surface area contributed by atoms with E-state index in [2.05, 4.69) is 11.5 Å². The molecule has 1 heterocycles. The van der Waals surface area contributed by atoms with E-state index < -0.39 is 5.97 Å². The lowest BCUT2D eigenvalue weighted by molar-refractivity contribution is -0.139. The Hall–Kier alpha value is -3.64. The Morgan fingerprint density at radius 3 is 2.44 bits per heavy atom. The smallest absolute Gasteiger partial charge is 0.316 e. The minimum absolute atomic E-state index is 0.0158. The van der Waals surface area contributed by atoms with E-state index in [-0.39, 0.29) is 23.9 Å². The van der Waals surface area contributed by atoms with Crippen LogP contribution in [0.15, 0.2) is 65.6 Å². The molecule has 1 aliphatic rings. The van der Waals surface area contributed by atoms with Crippen LogP contribution in [0.4, 0.5) is 0 Å². The minimum Gasteiger partial charge on any atom is -0.457 e. The summed E-state index contributed by atoms with van der Waals surface area (Å²) in [6, 6.07) is 19.2. The van der Waals surface area contributed by atoms with Crippen LogP contribution < -0.4 is 0 Å². The Labute approximate surface area is 214 Å². The first-order valence-electron chi connectivity index (χ1n) is 12.1. The van der Waals surface area contributed by atoms with Gasteiger partial charge in [-0.15, -0.1) is 11.8 Å². The molecule has 6 heteroatoms. The summed E-state index contributed by atoms with van der Waals surface area (Å²) in [4.78, 5) is 39.2. The van der Waals surface area contributed by atoms with E-state index in [1.807, 2.05) is 74.5 Å². The minimum atomic E-state index is -0.447. The highest BCUT2D eigenvalue weighted by molar-refractivity contribution is 8.00. The number of thioether (sulfide) groups is 1. The number of carbonyl (C=O) groups is 3. The van der Waals surface area contributed by atoms with Gasteiger partial charge in [0.1, 0.15) is 0 Å². The summed E-state index contributed by atoms with van der Waals surface area (Å²) in [6.45, 7) is 6.58. The molecule has 0 fully saturated rings. The zero-order valence-electron chi connectivity index (χ0n) is 20.6. The van der Waals surface area contributed by atoms with Crippen LogP contribution in [0.5, 0.6) is 0 Å². The number of rotatable bonds is 8. The van der Waals surface area contributed by atoms with Crippen LogP contribution in [0.25, 0.3) is 21.9 Å². The number of ketones is 2. The van der Waals surface area contributed by atoms with Crippen molar-refractivity contribution in [3.05, 3.63) is 88.7 Å². The van der Waals surface area contributed by atoms with Gasteiger partial charge in [0.15, 0.2) is 12.4 Å². The van der Waals surface area contributed by atoms with Gasteiger partial charge < -0.3 is 9.30 Å². The van der Waals surface area contributed by atoms with Crippen molar-refractivity contribution in [1.82, 2.24) is 4.57 Å². The zero-order valence-corrected chi connectivity index (χ0v) is 21.4. The van der Waals surface area contributed by atoms with Gasteiger partial charge in [-0.25, -0.2) is 0 Å². The van der Waals surface area contributed by atoms with Gasteiger partial charge in [0.05, 0.1) is 5.75 Å². The molecule has 0 spiro atoms. The van der Waals surface area contributed by atoms with Crippen LogP contribution in [0.3, 0.4) is 0 Å². The van der Waals surface area contributed by atoms with Crippen molar-refractivity contribution >= 4 is 40.1 Å². The number of esters is 1. The number of Topliss-reactive ketones (excluding diaryl/α,β-unsaturated/α-hetero) is 1. The number of benzene rings is 3. The Kier molecular flexibility index (Phi) is 6.54. The maximum Gasteiger partial charge on any atom is 0.316 e. The highest BCUT2D eigenvalue weighted by atomic mass is 32.2. The molecule has 0 aliphatic heterocycles. The van der Waals surface area contributed by atoms with Crippen molar-refractivity contribution in [2.24, 2.45) is 0 Å². The number of aryl methyl sites for hydroxylation is 1. The molecule has 0 amide bonds. The van der Waals surface area contributed by atoms with Crippen molar-refractivity contribution in [3.63, 3.8) is 0 Å². The lowest BCUT2D eigenvalue weighted by atomic mass is 9.83. The lowest BCUT2D eigenvalue weighted by Gasteiger charge is -2.21. The molecule has 5 nitrogen and oxygen atoms in total. The molecule has 0 N–H and O–H groups in total. The van der Waals surface area contributed by atoms with E-state index in [0.29, 0.717) is 16.7 Å². The van der Waals surface area contributed by atoms with E-state index in [4.69, 9.17) is 4.74 Å². The fraction of sp³-hybridized carbons (Fsp3) is 0.233. The molecule has 0 saturated carbocycles. The van der Waals surface area contributed by atoms with Crippen molar-refractivity contribution in [1.29, 1.82) is 0 Å². The maximum absolute atomic E-state index is 13.1. The van der Waals surface area contributed by atoms with Crippen molar-refractivity contribution < 1.29 is 19.1 Å². The Morgan fingerprint density at radius 1 is 0.917 bits per heavy atom. The molecular formula is C30H27NO4S. The molecule has 1 aliphatic carbocycles. The first kappa shape index (κ1) is 24.1. The predicted molar refractivity (Wildman–Crippen MR) is 143 cm³/mol. The monoisotopic (exact) mass is 497 g/mol. The largest absolute Gasteiger partial charge is 0.457 e. The van der Waals surface area contributed by atoms with Gasteiger partial charge in [0.2, 0.25) is 5.78 Å². The van der Waals surface area contributed by atoms with Gasteiger partial charge >= 0.3 is 5.97 Å². The van der Waals surface area contributed by atoms with Crippen molar-refractivity contribution in [3.8, 4) is 11.1 Å². The summed E-state index contributed by atoms with van der Waals surface area (Å²) in [5, 5.41) is 1.85. The summed E-state index contributed by atoms with van der Waals surface area (Å²) in [5.41, 5.74) is 5.88. The van der Waals surface area contributed by atoms with Crippen LogP contribution in [-0.2, 0) is 16.1 Å². The highest BCUT2D eigenvalue weighted by Gasteiger charge is 2.25. The molecular weight excluding hydrogens is 470 g/mol. The number of ether oxygens (including phenoxy) is 1. The second kappa shape index (κ2) is 9.78. The Morgan fingerprint density at radius 2 is 1.67 bits per heavy atom. The summed E-state index contributed by atoms with van der Waals surface area (Å²) < 4.78 is 7.44. The first-order valence-corrected chi connectivity index (χ1v) is 13.1. The number of fused-ring (bicyclic) bond motifs is 2. The van der Waals surface area contributed by atoms with Gasteiger partial charge in [0, 0.05) is 44.9 Å². The normalized spacial score (nSPS) is 12.0. The van der Waals surface area contributed by atoms with Gasteiger partial charge in [-0.3, -0.25) is 14.4 Å². The molecule has 0 radical (unpaired) electrons. The standard InChI is InChI=1S/C30H27NO4S/c1-4-14-31-18(2)15-25(19(31)3)26(32)16-35-28(33)17-36-27-13-12-21-20-8-5-6-9-22(20)30(34)24-11-7-10-23(27)29(21)24/h5-13,15H,4,14,16-17H2,1-3H3. The highest BCUT2D eigenvalue weighted by Crippen LogP contribution is 2.42. The van der Waals surface area contributed by atoms with Crippen LogP contribution >= 0.6 is 11.8 Å². The average Bonchev–Trinajstić information content (AvgIpc) is 3.18. The first-order chi connectivity index (χ1) is 17.4. The third-order valence-electron chi connectivity index (χ3n) is 6.74. The van der Waals surface area contributed by atoms with E-state index in [0.717, 1.165) is 51.1 Å². The maximum atomic E-state index is 13.1. The van der Waals surface area contributed by atoms with Crippen LogP contribution in [0.2, 0.25) is 0 Å². The SMILES string of the molecule is CCCn1c(C)cc(C(=O)COC(=O)CSc2ccc3c4c(cccc24)C(=O)c2ccccc2-3)c1C. The van der Waals surface area contributed by atoms with Crippen LogP contribution in [-0.4, -0.2) is 34.5 Å². The van der Waals surface area contributed by atoms with Crippen LogP contribution in [0.1, 0.15) is 51.0 Å². The van der Waals surface area contributed by atoms with Gasteiger partial charge in [0.25, 0.3) is 0 Å². The van der Waals surface area contributed by atoms with E-state index in [1.165, 1.54) is 11.8 Å². The summed E-state index contributed by atoms with van der Waals surface area (Å²) >= 11 is 1.36. The summed E-state index contributed by atoms with van der Waals surface area (Å²) in [6.07, 6.45) is 0.980. The molecule has 1 aromatic heterocycles. The molecule has 0 bridgehead atoms. The predicted octanol–water partition coefficient (Wildman–Crippen LogP) is 6.40. The number of hydrogen-bond acceptors (Lipinski definition) is 5. The van der Waals surface area contributed by atoms with Gasteiger partial charge in [-0.1, -0.05) is 55.5 Å². The van der Waals surface area contributed by atoms with Gasteiger partial charge in [-0.2, -0.15) is 0 Å². The average molecular weight is 498 g/mol. The lowest BCUT2D eigenvalue weighted by Crippen LogP contribution is -2.16. The van der Waals surface area contributed by atoms with Crippen molar-refractivity contribution in [2.45, 2.75) is 38.6 Å². The summed E-state index contributed by atoms with van der Waals surface area (Å²) in [5.74, 6) is -0.548. The van der Waals surface area contributed by atoms with Crippen molar-refractivity contribution in [2.75, 3.05) is 12.4 Å². The molecule has 3 aromatic carbocycles. The fourth-order valence-electron chi connectivity index (χ4n) is 5.03. The molecule has 5 rings (SSSR count). The Bertz CT molecular complexity index is 1530. The Balaban J connectivity index is 1.30. The molecule has 0 unspecified atom stereocenters. The fourth-order valence-corrected chi connectivity index (χ4v) is 5.88. The second-order valence-corrected chi connectivity index (χ2v) is 10.0. The van der Waals surface area contributed by atoms with E-state index in [1.54, 1.807) is 0 Å². The number of carbonyl (C=O) groups excluding carboxylic acids is 3. The summed E-state index contributed by atoms with van der Waals surface area (Å²) in [7, 11) is 0. The van der Waals surface area contributed by atoms with Gasteiger partial charge in [-0.05, 0) is 48.9 Å². The number of hydrogen-bond donors (Lipinski definition) is 0. The number of nitrogens with zero attached hydrogens (tertiary/aromatic N) is 1.